The van der Waals surface area contributed by atoms with Gasteiger partial charge in [0, 0.05) is 12.3 Å². The van der Waals surface area contributed by atoms with Crippen molar-refractivity contribution in [2.75, 3.05) is 12.5 Å². The van der Waals surface area contributed by atoms with Crippen LogP contribution in [0, 0.1) is 0 Å². The van der Waals surface area contributed by atoms with Crippen LogP contribution < -0.4 is 29.0 Å². The maximum absolute atomic E-state index is 3.18. The Bertz CT molecular complexity index is 160. The molecule has 1 rings (SSSR count). The zero-order chi connectivity index (χ0) is 6.20. The third-order valence-electron chi connectivity index (χ3n) is 1.48. The molecule has 0 aromatic rings. The Labute approximate surface area is 75.0 Å². The van der Waals surface area contributed by atoms with Gasteiger partial charge in [0.2, 0.25) is 0 Å². The van der Waals surface area contributed by atoms with E-state index in [-0.39, 0.29) is 24.0 Å². The van der Waals surface area contributed by atoms with Crippen molar-refractivity contribution < 1.29 is 29.0 Å². The summed E-state index contributed by atoms with van der Waals surface area (Å²) in [6.45, 7) is 2.15. The SMILES string of the molecule is CC1=[NH+]C=CS1(C)C.[I-]. The molecular weight excluding hydrogens is 245 g/mol. The second kappa shape index (κ2) is 3.05. The van der Waals surface area contributed by atoms with Crippen LogP contribution in [0.3, 0.4) is 0 Å². The van der Waals surface area contributed by atoms with Crippen LogP contribution in [0.4, 0.5) is 0 Å². The van der Waals surface area contributed by atoms with Crippen LogP contribution in [0.5, 0.6) is 0 Å². The number of nitrogens with one attached hydrogen (secondary N) is 1. The van der Waals surface area contributed by atoms with E-state index in [1.54, 1.807) is 0 Å². The van der Waals surface area contributed by atoms with Gasteiger partial charge in [-0.25, -0.2) is 4.99 Å². The molecule has 0 spiro atoms. The highest BCUT2D eigenvalue weighted by Crippen LogP contribution is 2.41. The van der Waals surface area contributed by atoms with E-state index in [1.165, 1.54) is 5.04 Å². The molecule has 54 valence electrons. The first-order valence-corrected chi connectivity index (χ1v) is 5.14. The number of hydrogen-bond acceptors (Lipinski definition) is 0. The Morgan fingerprint density at radius 3 is 2.11 bits per heavy atom. The van der Waals surface area contributed by atoms with Gasteiger partial charge in [-0.05, 0) is 12.5 Å². The Kier molecular flexibility index (Phi) is 3.22. The van der Waals surface area contributed by atoms with Gasteiger partial charge in [0.25, 0.3) is 0 Å². The lowest BCUT2D eigenvalue weighted by atomic mass is 10.8. The lowest BCUT2D eigenvalue weighted by molar-refractivity contribution is -0.367. The van der Waals surface area contributed by atoms with E-state index >= 15 is 0 Å². The molecule has 0 aromatic heterocycles. The van der Waals surface area contributed by atoms with Crippen LogP contribution in [0.2, 0.25) is 0 Å². The monoisotopic (exact) mass is 257 g/mol. The second-order valence-electron chi connectivity index (χ2n) is 2.41. The summed E-state index contributed by atoms with van der Waals surface area (Å²) in [4.78, 5) is 3.18. The lowest BCUT2D eigenvalue weighted by Gasteiger charge is -2.15. The van der Waals surface area contributed by atoms with Gasteiger partial charge < -0.3 is 24.0 Å². The largest absolute Gasteiger partial charge is 1.00 e. The summed E-state index contributed by atoms with van der Waals surface area (Å²) in [5, 5.41) is 3.67. The van der Waals surface area contributed by atoms with Gasteiger partial charge in [0.15, 0.2) is 11.2 Å². The minimum absolute atomic E-state index is 0. The standard InChI is InChI=1S/C6H11NS.HI/c1-6-7-4-5-8(6,2)3;/h4-5H,1-3H3;1H. The van der Waals surface area contributed by atoms with E-state index in [9.17, 15) is 0 Å². The molecule has 0 unspecified atom stereocenters. The molecule has 9 heavy (non-hydrogen) atoms. The molecule has 0 saturated heterocycles. The molecule has 0 bridgehead atoms. The zero-order valence-corrected chi connectivity index (χ0v) is 8.91. The van der Waals surface area contributed by atoms with Crippen molar-refractivity contribution in [3.05, 3.63) is 11.6 Å². The molecule has 0 fully saturated rings. The van der Waals surface area contributed by atoms with Gasteiger partial charge in [-0.1, -0.05) is 0 Å². The molecule has 0 aliphatic carbocycles. The van der Waals surface area contributed by atoms with Crippen LogP contribution in [0.15, 0.2) is 11.6 Å². The zero-order valence-electron chi connectivity index (χ0n) is 5.94. The Balaban J connectivity index is 0.000000640. The number of hydrogen-bond donors (Lipinski definition) is 1. The predicted octanol–water partition coefficient (Wildman–Crippen LogP) is -2.96. The average Bonchev–Trinajstić information content (AvgIpc) is 1.86. The summed E-state index contributed by atoms with van der Waals surface area (Å²) in [5.74, 6) is 0. The summed E-state index contributed by atoms with van der Waals surface area (Å²) < 4.78 is 0. The molecule has 1 heterocycles. The minimum Gasteiger partial charge on any atom is -1.00 e. The van der Waals surface area contributed by atoms with Crippen molar-refractivity contribution >= 4 is 15.1 Å². The highest BCUT2D eigenvalue weighted by Gasteiger charge is 2.20. The third-order valence-corrected chi connectivity index (χ3v) is 4.00. The molecule has 0 atom stereocenters. The van der Waals surface area contributed by atoms with E-state index in [2.05, 4.69) is 29.8 Å². The highest BCUT2D eigenvalue weighted by atomic mass is 127. The Morgan fingerprint density at radius 2 is 2.00 bits per heavy atom. The summed E-state index contributed by atoms with van der Waals surface area (Å²) in [6, 6.07) is 0. The molecule has 1 nitrogen and oxygen atoms in total. The molecule has 3 heteroatoms. The number of rotatable bonds is 0. The molecule has 1 N–H and O–H groups in total. The molecule has 0 saturated carbocycles. The second-order valence-corrected chi connectivity index (χ2v) is 6.11. The summed E-state index contributed by atoms with van der Waals surface area (Å²) in [7, 11) is -0.500. The molecule has 0 aromatic carbocycles. The summed E-state index contributed by atoms with van der Waals surface area (Å²) >= 11 is 0. The molecular formula is C6H12INS. The van der Waals surface area contributed by atoms with Crippen LogP contribution in [-0.4, -0.2) is 17.6 Å². The van der Waals surface area contributed by atoms with Gasteiger partial charge in [-0.15, -0.1) is 10.0 Å². The van der Waals surface area contributed by atoms with Crippen molar-refractivity contribution in [3.63, 3.8) is 0 Å². The molecule has 0 amide bonds. The first kappa shape index (κ1) is 9.49. The van der Waals surface area contributed by atoms with Crippen molar-refractivity contribution in [1.29, 1.82) is 0 Å². The van der Waals surface area contributed by atoms with E-state index in [0.717, 1.165) is 0 Å². The van der Waals surface area contributed by atoms with E-state index in [0.29, 0.717) is 0 Å². The fourth-order valence-corrected chi connectivity index (χ4v) is 1.56. The van der Waals surface area contributed by atoms with Gasteiger partial charge in [-0.3, -0.25) is 0 Å². The maximum atomic E-state index is 3.18. The van der Waals surface area contributed by atoms with E-state index in [1.807, 2.05) is 6.20 Å². The van der Waals surface area contributed by atoms with Gasteiger partial charge in [0.05, 0.1) is 0 Å². The fraction of sp³-hybridized carbons (Fsp3) is 0.500. The maximum Gasteiger partial charge on any atom is 0.196 e. The normalized spacial score (nSPS) is 24.6. The number of halogens is 1. The fourth-order valence-electron chi connectivity index (χ4n) is 0.575. The van der Waals surface area contributed by atoms with Gasteiger partial charge >= 0.3 is 0 Å². The first-order chi connectivity index (χ1) is 3.63. The lowest BCUT2D eigenvalue weighted by Crippen LogP contribution is -3.00. The van der Waals surface area contributed by atoms with E-state index < -0.39 is 10.0 Å². The van der Waals surface area contributed by atoms with Crippen LogP contribution in [0.25, 0.3) is 0 Å². The van der Waals surface area contributed by atoms with Crippen LogP contribution >= 0.6 is 10.0 Å². The summed E-state index contributed by atoms with van der Waals surface area (Å²) in [6.07, 6.45) is 6.59. The third kappa shape index (κ3) is 1.97. The predicted molar refractivity (Wildman–Crippen MR) is 40.2 cm³/mol. The highest BCUT2D eigenvalue weighted by molar-refractivity contribution is 8.46. The van der Waals surface area contributed by atoms with E-state index in [4.69, 9.17) is 0 Å². The average molecular weight is 257 g/mol. The van der Waals surface area contributed by atoms with Crippen LogP contribution in [-0.2, 0) is 0 Å². The Morgan fingerprint density at radius 1 is 1.44 bits per heavy atom. The van der Waals surface area contributed by atoms with Gasteiger partial charge in [0.1, 0.15) is 0 Å². The van der Waals surface area contributed by atoms with Crippen molar-refractivity contribution in [2.24, 2.45) is 0 Å². The van der Waals surface area contributed by atoms with Crippen LogP contribution in [0.1, 0.15) is 6.92 Å². The molecule has 0 radical (unpaired) electrons. The smallest absolute Gasteiger partial charge is 0.196 e. The molecule has 1 aliphatic heterocycles. The topological polar surface area (TPSA) is 14.0 Å². The molecule has 1 aliphatic rings. The van der Waals surface area contributed by atoms with Crippen molar-refractivity contribution in [3.8, 4) is 0 Å². The first-order valence-electron chi connectivity index (χ1n) is 2.63. The van der Waals surface area contributed by atoms with Crippen molar-refractivity contribution in [2.45, 2.75) is 6.92 Å². The quantitative estimate of drug-likeness (QED) is 0.446. The minimum atomic E-state index is -0.500. The Hall–Kier alpha value is 0.490. The van der Waals surface area contributed by atoms with Crippen molar-refractivity contribution in [1.82, 2.24) is 0 Å². The van der Waals surface area contributed by atoms with Gasteiger partial charge in [-0.2, -0.15) is 0 Å². The summed E-state index contributed by atoms with van der Waals surface area (Å²) in [5.41, 5.74) is 0.